The van der Waals surface area contributed by atoms with Crippen molar-refractivity contribution in [3.05, 3.63) is 65.9 Å². The summed E-state index contributed by atoms with van der Waals surface area (Å²) in [5.41, 5.74) is 2.16. The lowest BCUT2D eigenvalue weighted by atomic mass is 9.81. The highest BCUT2D eigenvalue weighted by molar-refractivity contribution is 7.99. The number of nitrogens with zero attached hydrogens (tertiary/aromatic N) is 3. The first-order chi connectivity index (χ1) is 17.6. The van der Waals surface area contributed by atoms with E-state index < -0.39 is 6.17 Å². The smallest absolute Gasteiger partial charge is 0.126 e. The number of benzene rings is 2. The second kappa shape index (κ2) is 13.0. The lowest BCUT2D eigenvalue weighted by Gasteiger charge is -2.38. The average molecular weight is 508 g/mol. The highest BCUT2D eigenvalue weighted by Gasteiger charge is 2.29. The zero-order chi connectivity index (χ0) is 25.3. The minimum Gasteiger partial charge on any atom is -0.497 e. The first kappa shape index (κ1) is 26.4. The average Bonchev–Trinajstić information content (AvgIpc) is 2.93. The van der Waals surface area contributed by atoms with Crippen molar-refractivity contribution in [2.45, 2.75) is 36.8 Å². The van der Waals surface area contributed by atoms with E-state index in [1.165, 1.54) is 0 Å². The van der Waals surface area contributed by atoms with Gasteiger partial charge in [-0.1, -0.05) is 12.1 Å². The molecule has 1 N–H and O–H groups in total. The van der Waals surface area contributed by atoms with E-state index in [1.54, 1.807) is 31.1 Å². The van der Waals surface area contributed by atoms with Crippen LogP contribution in [0.4, 0.5) is 4.39 Å². The Hall–Kier alpha value is -2.66. The molecule has 0 amide bonds. The number of likely N-dealkylation sites (tertiary alicyclic amines) is 1. The Bertz CT molecular complexity index is 1180. The number of rotatable bonds is 11. The number of hydrogen-bond donors (Lipinski definition) is 1. The minimum atomic E-state index is -1.08. The molecule has 1 aliphatic heterocycles. The second-order valence-electron chi connectivity index (χ2n) is 9.43. The van der Waals surface area contributed by atoms with Crippen molar-refractivity contribution in [2.24, 2.45) is 11.8 Å². The summed E-state index contributed by atoms with van der Waals surface area (Å²) in [7, 11) is 1.61. The van der Waals surface area contributed by atoms with Gasteiger partial charge in [0.2, 0.25) is 0 Å². The van der Waals surface area contributed by atoms with E-state index >= 15 is 4.39 Å². The summed E-state index contributed by atoms with van der Waals surface area (Å²) in [5.74, 6) is 2.15. The van der Waals surface area contributed by atoms with E-state index in [0.29, 0.717) is 23.7 Å². The number of aromatic nitrogens is 1. The Kier molecular flexibility index (Phi) is 9.57. The van der Waals surface area contributed by atoms with E-state index in [-0.39, 0.29) is 12.5 Å². The van der Waals surface area contributed by atoms with Gasteiger partial charge in [-0.3, -0.25) is 4.98 Å². The van der Waals surface area contributed by atoms with Crippen LogP contribution in [-0.2, 0) is 0 Å². The standard InChI is InChI=1S/C29H34FN3O2S/c1-35-24-8-10-28-26(17-24)25(11-13-32-28)27(30)9-7-21-12-15-33(19-23(21)20-34)14-4-16-36-29-6-3-2-5-22(29)18-31/h2-3,5-6,8,10-11,13,17,21,23,27,34H,4,7,9,12,14-16,19-20H2,1H3/t21-,23-,27?/m1/s1. The number of nitriles is 1. The molecule has 3 aromatic rings. The van der Waals surface area contributed by atoms with Gasteiger partial charge in [0.15, 0.2) is 0 Å². The van der Waals surface area contributed by atoms with Crippen LogP contribution in [0.15, 0.2) is 59.6 Å². The van der Waals surface area contributed by atoms with E-state index in [0.717, 1.165) is 66.0 Å². The fraction of sp³-hybridized carbons (Fsp3) is 0.448. The maximum atomic E-state index is 15.4. The van der Waals surface area contributed by atoms with Gasteiger partial charge in [0.1, 0.15) is 18.0 Å². The van der Waals surface area contributed by atoms with Gasteiger partial charge < -0.3 is 14.7 Å². The van der Waals surface area contributed by atoms with E-state index in [2.05, 4.69) is 16.0 Å². The van der Waals surface area contributed by atoms with Crippen LogP contribution in [0, 0.1) is 23.2 Å². The molecule has 0 bridgehead atoms. The topological polar surface area (TPSA) is 69.4 Å². The van der Waals surface area contributed by atoms with E-state index in [1.807, 2.05) is 42.5 Å². The number of methoxy groups -OCH3 is 1. The number of alkyl halides is 1. The van der Waals surface area contributed by atoms with Crippen LogP contribution in [0.1, 0.15) is 43.0 Å². The van der Waals surface area contributed by atoms with Gasteiger partial charge >= 0.3 is 0 Å². The van der Waals surface area contributed by atoms with Gasteiger partial charge in [0, 0.05) is 29.6 Å². The molecule has 7 heteroatoms. The summed E-state index contributed by atoms with van der Waals surface area (Å²) in [6, 6.07) is 17.3. The zero-order valence-electron chi connectivity index (χ0n) is 20.8. The van der Waals surface area contributed by atoms with Crippen molar-refractivity contribution in [2.75, 3.05) is 39.1 Å². The molecule has 0 radical (unpaired) electrons. The summed E-state index contributed by atoms with van der Waals surface area (Å²) in [6.07, 6.45) is 3.80. The van der Waals surface area contributed by atoms with Crippen LogP contribution in [0.3, 0.4) is 0 Å². The van der Waals surface area contributed by atoms with Gasteiger partial charge in [-0.05, 0) is 98.3 Å². The van der Waals surface area contributed by atoms with Crippen molar-refractivity contribution in [3.63, 3.8) is 0 Å². The van der Waals surface area contributed by atoms with Gasteiger partial charge in [-0.2, -0.15) is 5.26 Å². The number of halogens is 1. The van der Waals surface area contributed by atoms with Crippen molar-refractivity contribution >= 4 is 22.7 Å². The third-order valence-electron chi connectivity index (χ3n) is 7.20. The number of piperidine rings is 1. The summed E-state index contributed by atoms with van der Waals surface area (Å²) in [6.45, 7) is 2.94. The quantitative estimate of drug-likeness (QED) is 0.253. The number of hydrogen-bond acceptors (Lipinski definition) is 6. The Morgan fingerprint density at radius 3 is 2.92 bits per heavy atom. The number of thioether (sulfide) groups is 1. The Morgan fingerprint density at radius 1 is 1.25 bits per heavy atom. The van der Waals surface area contributed by atoms with Crippen LogP contribution in [-0.4, -0.2) is 54.1 Å². The normalized spacial score (nSPS) is 19.2. The van der Waals surface area contributed by atoms with Crippen molar-refractivity contribution < 1.29 is 14.2 Å². The first-order valence-electron chi connectivity index (χ1n) is 12.6. The number of fused-ring (bicyclic) bond motifs is 1. The molecule has 0 saturated carbocycles. The van der Waals surface area contributed by atoms with Crippen LogP contribution in [0.25, 0.3) is 10.9 Å². The molecule has 1 saturated heterocycles. The number of aliphatic hydroxyl groups is 1. The molecular formula is C29H34FN3O2S. The third kappa shape index (κ3) is 6.56. The fourth-order valence-corrected chi connectivity index (χ4v) is 6.10. The molecule has 0 aliphatic carbocycles. The molecule has 1 aromatic heterocycles. The molecule has 190 valence electrons. The van der Waals surface area contributed by atoms with Gasteiger partial charge in [0.25, 0.3) is 0 Å². The first-order valence-corrected chi connectivity index (χ1v) is 13.6. The van der Waals surface area contributed by atoms with Gasteiger partial charge in [-0.25, -0.2) is 4.39 Å². The Labute approximate surface area is 217 Å². The molecular weight excluding hydrogens is 473 g/mol. The lowest BCUT2D eigenvalue weighted by molar-refractivity contribution is 0.0640. The summed E-state index contributed by atoms with van der Waals surface area (Å²) in [5, 5.41) is 20.1. The van der Waals surface area contributed by atoms with Crippen LogP contribution < -0.4 is 4.74 Å². The summed E-state index contributed by atoms with van der Waals surface area (Å²) in [4.78, 5) is 7.82. The van der Waals surface area contributed by atoms with Crippen LogP contribution in [0.2, 0.25) is 0 Å². The highest BCUT2D eigenvalue weighted by atomic mass is 32.2. The molecule has 5 nitrogen and oxygen atoms in total. The zero-order valence-corrected chi connectivity index (χ0v) is 21.6. The second-order valence-corrected chi connectivity index (χ2v) is 10.6. The Balaban J connectivity index is 1.26. The molecule has 36 heavy (non-hydrogen) atoms. The van der Waals surface area contributed by atoms with Crippen molar-refractivity contribution in [3.8, 4) is 11.8 Å². The molecule has 2 heterocycles. The largest absolute Gasteiger partial charge is 0.497 e. The Morgan fingerprint density at radius 2 is 2.11 bits per heavy atom. The van der Waals surface area contributed by atoms with E-state index in [9.17, 15) is 10.4 Å². The van der Waals surface area contributed by atoms with Gasteiger partial charge in [-0.15, -0.1) is 11.8 Å². The number of ether oxygens (including phenoxy) is 1. The monoisotopic (exact) mass is 507 g/mol. The summed E-state index contributed by atoms with van der Waals surface area (Å²) >= 11 is 1.73. The van der Waals surface area contributed by atoms with Crippen molar-refractivity contribution in [1.29, 1.82) is 5.26 Å². The predicted octanol–water partition coefficient (Wildman–Crippen LogP) is 6.02. The predicted molar refractivity (Wildman–Crippen MR) is 143 cm³/mol. The third-order valence-corrected chi connectivity index (χ3v) is 8.36. The van der Waals surface area contributed by atoms with Crippen LogP contribution in [0.5, 0.6) is 5.75 Å². The fourth-order valence-electron chi connectivity index (χ4n) is 5.16. The van der Waals surface area contributed by atoms with Crippen LogP contribution >= 0.6 is 11.8 Å². The summed E-state index contributed by atoms with van der Waals surface area (Å²) < 4.78 is 20.7. The molecule has 0 spiro atoms. The van der Waals surface area contributed by atoms with E-state index in [4.69, 9.17) is 4.74 Å². The molecule has 1 aliphatic rings. The molecule has 4 rings (SSSR count). The maximum absolute atomic E-state index is 15.4. The molecule has 1 unspecified atom stereocenters. The molecule has 1 fully saturated rings. The molecule has 3 atom stereocenters. The minimum absolute atomic E-state index is 0.137. The maximum Gasteiger partial charge on any atom is 0.126 e. The number of aliphatic hydroxyl groups excluding tert-OH is 1. The van der Waals surface area contributed by atoms with Gasteiger partial charge in [0.05, 0.1) is 18.2 Å². The highest BCUT2D eigenvalue weighted by Crippen LogP contribution is 2.35. The van der Waals surface area contributed by atoms with Crippen molar-refractivity contribution in [1.82, 2.24) is 9.88 Å². The number of pyridine rings is 1. The lowest BCUT2D eigenvalue weighted by Crippen LogP contribution is -2.42. The molecule has 2 aromatic carbocycles. The SMILES string of the molecule is COc1ccc2nccc(C(F)CC[C@@H]3CCN(CCCSc4ccccc4C#N)C[C@@H]3CO)c2c1.